The summed E-state index contributed by atoms with van der Waals surface area (Å²) in [5, 5.41) is 1.30. The number of hydrogen-bond donors (Lipinski definition) is 1. The van der Waals surface area contributed by atoms with Gasteiger partial charge in [0.15, 0.2) is 0 Å². The molecule has 84 valence electrons. The third-order valence-corrected chi connectivity index (χ3v) is 2.63. The van der Waals surface area contributed by atoms with E-state index in [1.807, 2.05) is 0 Å². The standard InChI is InChI=1S/C11H11ClN2O2/c1-2-16-10(15)11(12)6-7-4-3-5-8(13)9(7)14-11/h3-6H,2,13H2,1H3. The van der Waals surface area contributed by atoms with Crippen molar-refractivity contribution >= 4 is 29.3 Å². The average molecular weight is 239 g/mol. The van der Waals surface area contributed by atoms with Gasteiger partial charge in [-0.3, -0.25) is 0 Å². The quantitative estimate of drug-likeness (QED) is 0.346. The third-order valence-electron chi connectivity index (χ3n) is 2.28. The van der Waals surface area contributed by atoms with Crippen LogP contribution in [0, 0.1) is 0 Å². The van der Waals surface area contributed by atoms with Crippen LogP contribution in [0.15, 0.2) is 23.2 Å². The number of benzene rings is 1. The normalized spacial score (nSPS) is 21.9. The van der Waals surface area contributed by atoms with Crippen LogP contribution in [0.2, 0.25) is 0 Å². The Morgan fingerprint density at radius 2 is 2.38 bits per heavy atom. The summed E-state index contributed by atoms with van der Waals surface area (Å²) >= 11 is 6.08. The van der Waals surface area contributed by atoms with Crippen molar-refractivity contribution < 1.29 is 9.53 Å². The van der Waals surface area contributed by atoms with E-state index in [0.29, 0.717) is 11.0 Å². The molecule has 1 unspecified atom stereocenters. The zero-order valence-corrected chi connectivity index (χ0v) is 9.49. The zero-order valence-electron chi connectivity index (χ0n) is 8.74. The lowest BCUT2D eigenvalue weighted by molar-refractivity contribution is -0.144. The molecule has 1 aromatic carbocycles. The Balaban J connectivity index is 2.52. The summed E-state index contributed by atoms with van der Waals surface area (Å²) in [6.07, 6.45) is 1.55. The number of fused-ring (bicyclic) bond motifs is 1. The molecule has 0 amide bonds. The number of anilines is 1. The van der Waals surface area contributed by atoms with Crippen LogP contribution >= 0.6 is 11.6 Å². The van der Waals surface area contributed by atoms with Gasteiger partial charge < -0.3 is 10.5 Å². The highest BCUT2D eigenvalue weighted by molar-refractivity contribution is 6.38. The summed E-state index contributed by atoms with van der Waals surface area (Å²) in [7, 11) is 0. The van der Waals surface area contributed by atoms with Gasteiger partial charge in [0.25, 0.3) is 5.00 Å². The minimum absolute atomic E-state index is 0.266. The van der Waals surface area contributed by atoms with Crippen molar-refractivity contribution in [2.24, 2.45) is 4.99 Å². The minimum atomic E-state index is -1.46. The Labute approximate surface area is 97.4 Å². The van der Waals surface area contributed by atoms with Crippen LogP contribution in [0.25, 0.3) is 6.08 Å². The fourth-order valence-corrected chi connectivity index (χ4v) is 1.82. The smallest absolute Gasteiger partial charge is 0.353 e. The Bertz CT molecular complexity index is 556. The van der Waals surface area contributed by atoms with Crippen molar-refractivity contribution in [3.05, 3.63) is 28.8 Å². The van der Waals surface area contributed by atoms with Gasteiger partial charge in [0.1, 0.15) is 0 Å². The fraction of sp³-hybridized carbons (Fsp3) is 0.273. The molecule has 1 aromatic rings. The van der Waals surface area contributed by atoms with E-state index >= 15 is 0 Å². The van der Waals surface area contributed by atoms with Gasteiger partial charge in [0, 0.05) is 5.22 Å². The van der Waals surface area contributed by atoms with Gasteiger partial charge in [0.05, 0.1) is 17.7 Å². The van der Waals surface area contributed by atoms with E-state index < -0.39 is 11.0 Å². The molecule has 0 spiro atoms. The molecule has 0 bridgehead atoms. The van der Waals surface area contributed by atoms with Crippen molar-refractivity contribution in [2.75, 3.05) is 12.3 Å². The molecule has 4 nitrogen and oxygen atoms in total. The summed E-state index contributed by atoms with van der Waals surface area (Å²) < 4.78 is 4.86. The molecule has 1 heterocycles. The Morgan fingerprint density at radius 3 is 3.00 bits per heavy atom. The summed E-state index contributed by atoms with van der Waals surface area (Å²) in [5.74, 6) is -0.577. The second-order valence-corrected chi connectivity index (χ2v) is 4.01. The number of rotatable bonds is 2. The molecule has 0 fully saturated rings. The van der Waals surface area contributed by atoms with Crippen molar-refractivity contribution in [1.82, 2.24) is 0 Å². The van der Waals surface area contributed by atoms with Crippen LogP contribution in [-0.4, -0.2) is 17.6 Å². The SMILES string of the molecule is CCOC(=O)C1(Cl)C=c2cccc(N)c2=N1. The lowest BCUT2D eigenvalue weighted by Gasteiger charge is -2.13. The molecule has 1 aliphatic heterocycles. The van der Waals surface area contributed by atoms with Gasteiger partial charge in [-0.2, -0.15) is 0 Å². The van der Waals surface area contributed by atoms with Crippen LogP contribution < -0.4 is 16.3 Å². The molecule has 1 aliphatic rings. The maximum Gasteiger partial charge on any atom is 0.353 e. The molecule has 16 heavy (non-hydrogen) atoms. The van der Waals surface area contributed by atoms with E-state index in [9.17, 15) is 4.79 Å². The zero-order chi connectivity index (χ0) is 11.8. The average Bonchev–Trinajstić information content (AvgIpc) is 2.58. The summed E-state index contributed by atoms with van der Waals surface area (Å²) in [6.45, 7) is 1.98. The number of esters is 1. The van der Waals surface area contributed by atoms with E-state index in [0.717, 1.165) is 5.22 Å². The number of nitrogens with two attached hydrogens (primary N) is 1. The molecule has 0 aromatic heterocycles. The van der Waals surface area contributed by atoms with Gasteiger partial charge in [-0.25, -0.2) is 9.79 Å². The minimum Gasteiger partial charge on any atom is -0.463 e. The topological polar surface area (TPSA) is 64.7 Å². The first kappa shape index (κ1) is 11.0. The van der Waals surface area contributed by atoms with E-state index in [2.05, 4.69) is 4.99 Å². The molecular weight excluding hydrogens is 228 g/mol. The number of para-hydroxylation sites is 1. The van der Waals surface area contributed by atoms with E-state index in [4.69, 9.17) is 22.1 Å². The van der Waals surface area contributed by atoms with Crippen molar-refractivity contribution in [3.8, 4) is 0 Å². The van der Waals surface area contributed by atoms with E-state index in [1.165, 1.54) is 0 Å². The Morgan fingerprint density at radius 1 is 1.62 bits per heavy atom. The predicted octanol–water partition coefficient (Wildman–Crippen LogP) is 0.181. The Kier molecular flexibility index (Phi) is 2.59. The second-order valence-electron chi connectivity index (χ2n) is 3.44. The number of halogens is 1. The number of alkyl halides is 1. The number of hydrogen-bond acceptors (Lipinski definition) is 4. The monoisotopic (exact) mass is 238 g/mol. The van der Waals surface area contributed by atoms with Gasteiger partial charge >= 0.3 is 5.97 Å². The van der Waals surface area contributed by atoms with Crippen molar-refractivity contribution in [1.29, 1.82) is 0 Å². The first-order valence-electron chi connectivity index (χ1n) is 4.90. The van der Waals surface area contributed by atoms with Crippen molar-refractivity contribution in [3.63, 3.8) is 0 Å². The van der Waals surface area contributed by atoms with Crippen molar-refractivity contribution in [2.45, 2.75) is 11.9 Å². The summed E-state index contributed by atoms with van der Waals surface area (Å²) in [5.41, 5.74) is 6.24. The Hall–Kier alpha value is -1.55. The highest BCUT2D eigenvalue weighted by Gasteiger charge is 2.37. The first-order valence-corrected chi connectivity index (χ1v) is 5.28. The van der Waals surface area contributed by atoms with Crippen LogP contribution in [0.1, 0.15) is 6.92 Å². The molecule has 1 atom stereocenters. The first-order chi connectivity index (χ1) is 7.57. The second kappa shape index (κ2) is 3.79. The summed E-state index contributed by atoms with van der Waals surface area (Å²) in [6, 6.07) is 5.30. The third kappa shape index (κ3) is 1.65. The van der Waals surface area contributed by atoms with Gasteiger partial charge in [0.2, 0.25) is 0 Å². The lowest BCUT2D eigenvalue weighted by atomic mass is 10.2. The molecule has 0 radical (unpaired) electrons. The molecule has 0 aliphatic carbocycles. The summed E-state index contributed by atoms with van der Waals surface area (Å²) in [4.78, 5) is 14.3. The maximum absolute atomic E-state index is 11.6. The maximum atomic E-state index is 11.6. The van der Waals surface area contributed by atoms with Crippen LogP contribution in [0.3, 0.4) is 0 Å². The highest BCUT2D eigenvalue weighted by Crippen LogP contribution is 2.22. The predicted molar refractivity (Wildman–Crippen MR) is 61.3 cm³/mol. The van der Waals surface area contributed by atoms with E-state index in [-0.39, 0.29) is 6.61 Å². The lowest BCUT2D eigenvalue weighted by Crippen LogP contribution is -2.29. The fourth-order valence-electron chi connectivity index (χ4n) is 1.56. The number of carbonyl (C=O) groups is 1. The van der Waals surface area contributed by atoms with Crippen LogP contribution in [-0.2, 0) is 9.53 Å². The molecule has 2 rings (SSSR count). The van der Waals surface area contributed by atoms with Crippen LogP contribution in [0.4, 0.5) is 5.69 Å². The molecule has 0 saturated heterocycles. The van der Waals surface area contributed by atoms with Crippen LogP contribution in [0.5, 0.6) is 0 Å². The largest absolute Gasteiger partial charge is 0.463 e. The van der Waals surface area contributed by atoms with Gasteiger partial charge in [-0.1, -0.05) is 23.7 Å². The van der Waals surface area contributed by atoms with Gasteiger partial charge in [-0.05, 0) is 19.1 Å². The molecule has 0 saturated carbocycles. The molecular formula is C11H11ClN2O2. The van der Waals surface area contributed by atoms with Gasteiger partial charge in [-0.15, -0.1) is 0 Å². The highest BCUT2D eigenvalue weighted by atomic mass is 35.5. The number of nitrogens with zero attached hydrogens (tertiary/aromatic N) is 1. The molecule has 2 N–H and O–H groups in total. The van der Waals surface area contributed by atoms with E-state index in [1.54, 1.807) is 31.2 Å². The number of nitrogen functional groups attached to an aromatic ring is 1. The number of carbonyl (C=O) groups excluding carboxylic acids is 1. The molecule has 5 heteroatoms. The number of ether oxygens (including phenoxy) is 1.